The van der Waals surface area contributed by atoms with Gasteiger partial charge in [-0.05, 0) is 18.8 Å². The third-order valence-electron chi connectivity index (χ3n) is 3.45. The van der Waals surface area contributed by atoms with Crippen molar-refractivity contribution >= 4 is 12.0 Å². The molecule has 1 saturated heterocycles. The molecule has 1 aliphatic rings. The zero-order valence-corrected chi connectivity index (χ0v) is 12.0. The SMILES string of the molecule is COCCCN(C)C(=O)N1CC(C)CC(C(=O)O)C1. The van der Waals surface area contributed by atoms with Crippen LogP contribution in [0.3, 0.4) is 0 Å². The molecular formula is C13H24N2O4. The highest BCUT2D eigenvalue weighted by Crippen LogP contribution is 2.22. The first-order valence-corrected chi connectivity index (χ1v) is 6.67. The molecule has 0 bridgehead atoms. The van der Waals surface area contributed by atoms with Crippen LogP contribution in [0.1, 0.15) is 19.8 Å². The number of carbonyl (C=O) groups is 2. The summed E-state index contributed by atoms with van der Waals surface area (Å²) in [6.07, 6.45) is 1.43. The van der Waals surface area contributed by atoms with Crippen LogP contribution in [-0.2, 0) is 9.53 Å². The third kappa shape index (κ3) is 4.70. The highest BCUT2D eigenvalue weighted by Gasteiger charge is 2.32. The zero-order chi connectivity index (χ0) is 14.4. The molecule has 2 unspecified atom stereocenters. The Morgan fingerprint density at radius 2 is 2.11 bits per heavy atom. The van der Waals surface area contributed by atoms with Crippen LogP contribution in [0.15, 0.2) is 0 Å². The van der Waals surface area contributed by atoms with Gasteiger partial charge in [-0.3, -0.25) is 4.79 Å². The number of hydrogen-bond acceptors (Lipinski definition) is 3. The van der Waals surface area contributed by atoms with E-state index in [0.29, 0.717) is 32.7 Å². The van der Waals surface area contributed by atoms with Crippen molar-refractivity contribution in [3.8, 4) is 0 Å². The molecule has 2 amide bonds. The van der Waals surface area contributed by atoms with Gasteiger partial charge in [-0.15, -0.1) is 0 Å². The second-order valence-electron chi connectivity index (χ2n) is 5.33. The van der Waals surface area contributed by atoms with E-state index >= 15 is 0 Å². The lowest BCUT2D eigenvalue weighted by atomic mass is 9.91. The fourth-order valence-electron chi connectivity index (χ4n) is 2.47. The maximum absolute atomic E-state index is 12.2. The summed E-state index contributed by atoms with van der Waals surface area (Å²) >= 11 is 0. The lowest BCUT2D eigenvalue weighted by Gasteiger charge is -2.36. The van der Waals surface area contributed by atoms with Crippen molar-refractivity contribution in [2.45, 2.75) is 19.8 Å². The second-order valence-corrected chi connectivity index (χ2v) is 5.33. The zero-order valence-electron chi connectivity index (χ0n) is 12.0. The van der Waals surface area contributed by atoms with Crippen molar-refractivity contribution in [3.63, 3.8) is 0 Å². The second kappa shape index (κ2) is 7.33. The first-order valence-electron chi connectivity index (χ1n) is 6.67. The number of aliphatic carboxylic acids is 1. The van der Waals surface area contributed by atoms with Crippen molar-refractivity contribution in [2.24, 2.45) is 11.8 Å². The van der Waals surface area contributed by atoms with Crippen LogP contribution in [0.2, 0.25) is 0 Å². The molecule has 110 valence electrons. The Kier molecular flexibility index (Phi) is 6.08. The summed E-state index contributed by atoms with van der Waals surface area (Å²) < 4.78 is 4.95. The van der Waals surface area contributed by atoms with Crippen LogP contribution in [0.25, 0.3) is 0 Å². The average molecular weight is 272 g/mol. The fourth-order valence-corrected chi connectivity index (χ4v) is 2.47. The highest BCUT2D eigenvalue weighted by atomic mass is 16.5. The Morgan fingerprint density at radius 3 is 2.68 bits per heavy atom. The van der Waals surface area contributed by atoms with Crippen molar-refractivity contribution in [2.75, 3.05) is 40.4 Å². The topological polar surface area (TPSA) is 70.1 Å². The number of likely N-dealkylation sites (tertiary alicyclic amines) is 1. The smallest absolute Gasteiger partial charge is 0.319 e. The van der Waals surface area contributed by atoms with Crippen LogP contribution in [0, 0.1) is 11.8 Å². The van der Waals surface area contributed by atoms with Gasteiger partial charge in [0.2, 0.25) is 0 Å². The first kappa shape index (κ1) is 15.8. The summed E-state index contributed by atoms with van der Waals surface area (Å²) in [5, 5.41) is 9.10. The number of piperidine rings is 1. The largest absolute Gasteiger partial charge is 0.481 e. The van der Waals surface area contributed by atoms with E-state index in [1.807, 2.05) is 6.92 Å². The van der Waals surface area contributed by atoms with Gasteiger partial charge in [-0.25, -0.2) is 4.79 Å². The Morgan fingerprint density at radius 1 is 1.42 bits per heavy atom. The molecule has 0 aliphatic carbocycles. The van der Waals surface area contributed by atoms with Crippen molar-refractivity contribution in [1.82, 2.24) is 9.80 Å². The van der Waals surface area contributed by atoms with Crippen molar-refractivity contribution < 1.29 is 19.4 Å². The molecule has 0 saturated carbocycles. The minimum absolute atomic E-state index is 0.0890. The van der Waals surface area contributed by atoms with E-state index in [0.717, 1.165) is 6.42 Å². The maximum Gasteiger partial charge on any atom is 0.319 e. The number of carboxylic acid groups (broad SMARTS) is 1. The lowest BCUT2D eigenvalue weighted by Crippen LogP contribution is -2.50. The van der Waals surface area contributed by atoms with Gasteiger partial charge in [0, 0.05) is 40.4 Å². The summed E-state index contributed by atoms with van der Waals surface area (Å²) in [4.78, 5) is 26.6. The van der Waals surface area contributed by atoms with Crippen LogP contribution in [0.5, 0.6) is 0 Å². The van der Waals surface area contributed by atoms with Gasteiger partial charge in [0.05, 0.1) is 5.92 Å². The number of carbonyl (C=O) groups excluding carboxylic acids is 1. The van der Waals surface area contributed by atoms with E-state index in [1.165, 1.54) is 0 Å². The molecule has 6 heteroatoms. The number of ether oxygens (including phenoxy) is 1. The van der Waals surface area contributed by atoms with E-state index in [1.54, 1.807) is 24.0 Å². The van der Waals surface area contributed by atoms with Gasteiger partial charge in [0.25, 0.3) is 0 Å². The number of rotatable bonds is 5. The van der Waals surface area contributed by atoms with Gasteiger partial charge >= 0.3 is 12.0 Å². The van der Waals surface area contributed by atoms with Crippen LogP contribution in [-0.4, -0.2) is 67.3 Å². The summed E-state index contributed by atoms with van der Waals surface area (Å²) in [5.41, 5.74) is 0. The molecule has 0 aromatic carbocycles. The lowest BCUT2D eigenvalue weighted by molar-refractivity contribution is -0.143. The minimum atomic E-state index is -0.814. The van der Waals surface area contributed by atoms with Gasteiger partial charge in [-0.2, -0.15) is 0 Å². The highest BCUT2D eigenvalue weighted by molar-refractivity contribution is 5.76. The molecule has 0 spiro atoms. The third-order valence-corrected chi connectivity index (χ3v) is 3.45. The molecule has 6 nitrogen and oxygen atoms in total. The number of methoxy groups -OCH3 is 1. The molecule has 1 rings (SSSR count). The normalized spacial score (nSPS) is 23.2. The molecule has 1 N–H and O–H groups in total. The maximum atomic E-state index is 12.2. The molecule has 1 fully saturated rings. The van der Waals surface area contributed by atoms with Crippen molar-refractivity contribution in [3.05, 3.63) is 0 Å². The van der Waals surface area contributed by atoms with Crippen molar-refractivity contribution in [1.29, 1.82) is 0 Å². The Hall–Kier alpha value is -1.30. The first-order chi connectivity index (χ1) is 8.95. The average Bonchev–Trinajstić information content (AvgIpc) is 2.37. The van der Waals surface area contributed by atoms with Gasteiger partial charge in [0.15, 0.2) is 0 Å². The number of urea groups is 1. The van der Waals surface area contributed by atoms with Gasteiger partial charge in [-0.1, -0.05) is 6.92 Å². The summed E-state index contributed by atoms with van der Waals surface area (Å²) in [5.74, 6) is -1.03. The molecule has 2 atom stereocenters. The van der Waals surface area contributed by atoms with Crippen LogP contribution >= 0.6 is 0 Å². The van der Waals surface area contributed by atoms with E-state index < -0.39 is 11.9 Å². The molecule has 0 radical (unpaired) electrons. The standard InChI is InChI=1S/C13H24N2O4/c1-10-7-11(12(16)17)9-15(8-10)13(18)14(2)5-4-6-19-3/h10-11H,4-9H2,1-3H3,(H,16,17). The number of nitrogens with zero attached hydrogens (tertiary/aromatic N) is 2. The minimum Gasteiger partial charge on any atom is -0.481 e. The Balaban J connectivity index is 2.52. The van der Waals surface area contributed by atoms with E-state index in [2.05, 4.69) is 0 Å². The van der Waals surface area contributed by atoms with Gasteiger partial charge < -0.3 is 19.6 Å². The molecule has 0 aromatic rings. The molecule has 1 heterocycles. The summed E-state index contributed by atoms with van der Waals surface area (Å²) in [6.45, 7) is 4.17. The van der Waals surface area contributed by atoms with Crippen LogP contribution in [0.4, 0.5) is 4.79 Å². The molecular weight excluding hydrogens is 248 g/mol. The number of hydrogen-bond donors (Lipinski definition) is 1. The van der Waals surface area contributed by atoms with E-state index in [9.17, 15) is 9.59 Å². The quantitative estimate of drug-likeness (QED) is 0.761. The predicted molar refractivity (Wildman–Crippen MR) is 71.0 cm³/mol. The Bertz CT molecular complexity index is 322. The molecule has 0 aromatic heterocycles. The molecule has 19 heavy (non-hydrogen) atoms. The number of amides is 2. The number of carboxylic acids is 1. The molecule has 1 aliphatic heterocycles. The van der Waals surface area contributed by atoms with E-state index in [4.69, 9.17) is 9.84 Å². The summed E-state index contributed by atoms with van der Waals surface area (Å²) in [6, 6.07) is -0.0890. The summed E-state index contributed by atoms with van der Waals surface area (Å²) in [7, 11) is 3.37. The van der Waals surface area contributed by atoms with E-state index in [-0.39, 0.29) is 11.9 Å². The van der Waals surface area contributed by atoms with Crippen LogP contribution < -0.4 is 0 Å². The monoisotopic (exact) mass is 272 g/mol. The fraction of sp³-hybridized carbons (Fsp3) is 0.846. The van der Waals surface area contributed by atoms with Gasteiger partial charge in [0.1, 0.15) is 0 Å². The predicted octanol–water partition coefficient (Wildman–Crippen LogP) is 1.12. The Labute approximate surface area is 114 Å².